The third kappa shape index (κ3) is 1.93. The number of hydrogen-bond donors (Lipinski definition) is 1. The first-order valence-corrected chi connectivity index (χ1v) is 3.90. The standard InChI is InChI=1S/C7H9NOS/c1-6-5-10-7(8-6)3-2-4-9/h2-3,5,9H,4H2,1H3/b3-2+. The van der Waals surface area contributed by atoms with Gasteiger partial charge in [0.2, 0.25) is 0 Å². The van der Waals surface area contributed by atoms with Gasteiger partial charge in [-0.25, -0.2) is 4.98 Å². The van der Waals surface area contributed by atoms with Gasteiger partial charge in [0, 0.05) is 11.1 Å². The fourth-order valence-corrected chi connectivity index (χ4v) is 1.32. The van der Waals surface area contributed by atoms with Crippen LogP contribution >= 0.6 is 11.3 Å². The highest BCUT2D eigenvalue weighted by Crippen LogP contribution is 2.09. The number of aromatic nitrogens is 1. The quantitative estimate of drug-likeness (QED) is 0.701. The summed E-state index contributed by atoms with van der Waals surface area (Å²) < 4.78 is 0. The van der Waals surface area contributed by atoms with E-state index < -0.39 is 0 Å². The van der Waals surface area contributed by atoms with Crippen LogP contribution < -0.4 is 0 Å². The van der Waals surface area contributed by atoms with Gasteiger partial charge >= 0.3 is 0 Å². The van der Waals surface area contributed by atoms with Crippen LogP contribution in [0.4, 0.5) is 0 Å². The number of hydrogen-bond acceptors (Lipinski definition) is 3. The van der Waals surface area contributed by atoms with Crippen LogP contribution in [0, 0.1) is 6.92 Å². The molecule has 0 bridgehead atoms. The SMILES string of the molecule is Cc1csc(/C=C/CO)n1. The summed E-state index contributed by atoms with van der Waals surface area (Å²) in [6.45, 7) is 2.03. The minimum absolute atomic E-state index is 0.0820. The average molecular weight is 155 g/mol. The van der Waals surface area contributed by atoms with Gasteiger partial charge in [-0.3, -0.25) is 0 Å². The van der Waals surface area contributed by atoms with Crippen molar-refractivity contribution in [2.75, 3.05) is 6.61 Å². The maximum atomic E-state index is 8.42. The Labute approximate surface area is 63.9 Å². The van der Waals surface area contributed by atoms with E-state index in [1.807, 2.05) is 18.4 Å². The average Bonchev–Trinajstić information content (AvgIpc) is 2.31. The molecule has 1 heterocycles. The Morgan fingerprint density at radius 3 is 3.10 bits per heavy atom. The van der Waals surface area contributed by atoms with Crippen LogP contribution in [0.25, 0.3) is 6.08 Å². The van der Waals surface area contributed by atoms with Crippen molar-refractivity contribution >= 4 is 17.4 Å². The summed E-state index contributed by atoms with van der Waals surface area (Å²) >= 11 is 1.58. The van der Waals surface area contributed by atoms with Gasteiger partial charge in [-0.2, -0.15) is 0 Å². The Bertz CT molecular complexity index is 229. The molecule has 0 atom stereocenters. The molecule has 0 saturated carbocycles. The Morgan fingerprint density at radius 2 is 2.60 bits per heavy atom. The highest BCUT2D eigenvalue weighted by molar-refractivity contribution is 7.10. The second kappa shape index (κ2) is 3.49. The second-order valence-corrected chi connectivity index (χ2v) is 2.80. The smallest absolute Gasteiger partial charge is 0.116 e. The largest absolute Gasteiger partial charge is 0.392 e. The molecule has 0 aliphatic carbocycles. The highest BCUT2D eigenvalue weighted by atomic mass is 32.1. The van der Waals surface area contributed by atoms with E-state index in [0.29, 0.717) is 0 Å². The molecule has 0 aliphatic heterocycles. The maximum Gasteiger partial charge on any atom is 0.116 e. The molecule has 54 valence electrons. The predicted molar refractivity (Wildman–Crippen MR) is 43.0 cm³/mol. The molecule has 0 spiro atoms. The lowest BCUT2D eigenvalue weighted by Gasteiger charge is -1.79. The van der Waals surface area contributed by atoms with Crippen molar-refractivity contribution in [1.29, 1.82) is 0 Å². The van der Waals surface area contributed by atoms with E-state index in [1.165, 1.54) is 0 Å². The van der Waals surface area contributed by atoms with Gasteiger partial charge in [0.05, 0.1) is 6.61 Å². The molecule has 1 rings (SSSR count). The Hall–Kier alpha value is -0.670. The van der Waals surface area contributed by atoms with E-state index in [-0.39, 0.29) is 6.61 Å². The van der Waals surface area contributed by atoms with Crippen molar-refractivity contribution in [2.24, 2.45) is 0 Å². The Morgan fingerprint density at radius 1 is 1.80 bits per heavy atom. The lowest BCUT2D eigenvalue weighted by atomic mass is 10.5. The summed E-state index contributed by atoms with van der Waals surface area (Å²) in [5.41, 5.74) is 1.03. The van der Waals surface area contributed by atoms with Crippen LogP contribution in [0.2, 0.25) is 0 Å². The molecule has 0 unspecified atom stereocenters. The molecule has 3 heteroatoms. The zero-order valence-electron chi connectivity index (χ0n) is 5.74. The summed E-state index contributed by atoms with van der Waals surface area (Å²) in [5.74, 6) is 0. The lowest BCUT2D eigenvalue weighted by Crippen LogP contribution is -1.73. The summed E-state index contributed by atoms with van der Waals surface area (Å²) in [6.07, 6.45) is 3.50. The van der Waals surface area contributed by atoms with Crippen LogP contribution in [0.5, 0.6) is 0 Å². The van der Waals surface area contributed by atoms with Crippen LogP contribution in [-0.4, -0.2) is 16.7 Å². The molecule has 0 saturated heterocycles. The third-order valence-electron chi connectivity index (χ3n) is 1.00. The Balaban J connectivity index is 2.67. The van der Waals surface area contributed by atoms with Gasteiger partial charge in [-0.1, -0.05) is 6.08 Å². The summed E-state index contributed by atoms with van der Waals surface area (Å²) in [4.78, 5) is 4.17. The highest BCUT2D eigenvalue weighted by Gasteiger charge is 1.90. The number of aliphatic hydroxyl groups excluding tert-OH is 1. The minimum atomic E-state index is 0.0820. The topological polar surface area (TPSA) is 33.1 Å². The van der Waals surface area contributed by atoms with E-state index in [0.717, 1.165) is 10.7 Å². The van der Waals surface area contributed by atoms with E-state index in [9.17, 15) is 0 Å². The van der Waals surface area contributed by atoms with Gasteiger partial charge in [-0.05, 0) is 13.0 Å². The van der Waals surface area contributed by atoms with Gasteiger partial charge < -0.3 is 5.11 Å². The normalized spacial score (nSPS) is 11.0. The number of aryl methyl sites for hydroxylation is 1. The van der Waals surface area contributed by atoms with E-state index in [4.69, 9.17) is 5.11 Å². The van der Waals surface area contributed by atoms with Crippen molar-refractivity contribution in [3.8, 4) is 0 Å². The molecule has 0 aliphatic rings. The van der Waals surface area contributed by atoms with Crippen LogP contribution in [0.15, 0.2) is 11.5 Å². The van der Waals surface area contributed by atoms with Crippen LogP contribution in [-0.2, 0) is 0 Å². The fraction of sp³-hybridized carbons (Fsp3) is 0.286. The first-order chi connectivity index (χ1) is 4.83. The number of nitrogens with zero attached hydrogens (tertiary/aromatic N) is 1. The molecular formula is C7H9NOS. The zero-order valence-corrected chi connectivity index (χ0v) is 6.56. The second-order valence-electron chi connectivity index (χ2n) is 1.91. The third-order valence-corrected chi connectivity index (χ3v) is 1.93. The maximum absolute atomic E-state index is 8.42. The molecule has 0 amide bonds. The van der Waals surface area contributed by atoms with Gasteiger partial charge in [0.15, 0.2) is 0 Å². The summed E-state index contributed by atoms with van der Waals surface area (Å²) in [6, 6.07) is 0. The number of thiazole rings is 1. The van der Waals surface area contributed by atoms with E-state index >= 15 is 0 Å². The molecule has 10 heavy (non-hydrogen) atoms. The van der Waals surface area contributed by atoms with Crippen molar-refractivity contribution < 1.29 is 5.11 Å². The molecule has 1 aromatic heterocycles. The van der Waals surface area contributed by atoms with Crippen molar-refractivity contribution in [1.82, 2.24) is 4.98 Å². The van der Waals surface area contributed by atoms with Crippen LogP contribution in [0.3, 0.4) is 0 Å². The molecule has 0 aromatic carbocycles. The van der Waals surface area contributed by atoms with Crippen molar-refractivity contribution in [3.05, 3.63) is 22.2 Å². The molecule has 1 aromatic rings. The van der Waals surface area contributed by atoms with E-state index in [1.54, 1.807) is 17.4 Å². The minimum Gasteiger partial charge on any atom is -0.392 e. The first kappa shape index (κ1) is 7.44. The predicted octanol–water partition coefficient (Wildman–Crippen LogP) is 1.46. The Kier molecular flexibility index (Phi) is 2.59. The monoisotopic (exact) mass is 155 g/mol. The molecule has 2 nitrogen and oxygen atoms in total. The molecule has 0 fully saturated rings. The fourth-order valence-electron chi connectivity index (χ4n) is 0.602. The van der Waals surface area contributed by atoms with Crippen LogP contribution in [0.1, 0.15) is 10.7 Å². The molecule has 1 N–H and O–H groups in total. The lowest BCUT2D eigenvalue weighted by molar-refractivity contribution is 0.343. The summed E-state index contributed by atoms with van der Waals surface area (Å²) in [5, 5.41) is 11.4. The van der Waals surface area contributed by atoms with Gasteiger partial charge in [0.1, 0.15) is 5.01 Å². The van der Waals surface area contributed by atoms with Crippen molar-refractivity contribution in [2.45, 2.75) is 6.92 Å². The molecule has 0 radical (unpaired) electrons. The number of aliphatic hydroxyl groups is 1. The van der Waals surface area contributed by atoms with Gasteiger partial charge in [0.25, 0.3) is 0 Å². The summed E-state index contributed by atoms with van der Waals surface area (Å²) in [7, 11) is 0. The van der Waals surface area contributed by atoms with Gasteiger partial charge in [-0.15, -0.1) is 11.3 Å². The zero-order chi connectivity index (χ0) is 7.40. The van der Waals surface area contributed by atoms with E-state index in [2.05, 4.69) is 4.98 Å². The first-order valence-electron chi connectivity index (χ1n) is 3.02. The number of rotatable bonds is 2. The van der Waals surface area contributed by atoms with Crippen molar-refractivity contribution in [3.63, 3.8) is 0 Å². The molecular weight excluding hydrogens is 146 g/mol.